The summed E-state index contributed by atoms with van der Waals surface area (Å²) in [5.74, 6) is 0. The second kappa shape index (κ2) is 5.88. The lowest BCUT2D eigenvalue weighted by Crippen LogP contribution is -2.31. The summed E-state index contributed by atoms with van der Waals surface area (Å²) >= 11 is 1.36. The molecule has 1 fully saturated rings. The maximum Gasteiger partial charge on any atom is 0.308 e. The van der Waals surface area contributed by atoms with E-state index in [0.29, 0.717) is 0 Å². The van der Waals surface area contributed by atoms with Crippen LogP contribution in [0.15, 0.2) is 29.1 Å². The van der Waals surface area contributed by atoms with Gasteiger partial charge in [0.1, 0.15) is 0 Å². The van der Waals surface area contributed by atoms with Crippen molar-refractivity contribution in [3.05, 3.63) is 33.9 Å². The highest BCUT2D eigenvalue weighted by Crippen LogP contribution is 2.17. The maximum atomic E-state index is 12.0. The van der Waals surface area contributed by atoms with Gasteiger partial charge in [-0.3, -0.25) is 9.36 Å². The third kappa shape index (κ3) is 2.90. The average Bonchev–Trinajstić information content (AvgIpc) is 2.76. The number of para-hydroxylation sites is 1. The molecule has 1 aromatic carbocycles. The van der Waals surface area contributed by atoms with E-state index in [2.05, 4.69) is 4.90 Å². The monoisotopic (exact) mass is 276 g/mol. The molecular weight excluding hydrogens is 256 g/mol. The van der Waals surface area contributed by atoms with Crippen molar-refractivity contribution in [1.82, 2.24) is 9.47 Å². The minimum absolute atomic E-state index is 0.180. The number of aromatic nitrogens is 1. The molecule has 0 N–H and O–H groups in total. The Morgan fingerprint density at radius 2 is 1.84 bits per heavy atom. The molecule has 4 heteroatoms. The van der Waals surface area contributed by atoms with E-state index < -0.39 is 0 Å². The Kier molecular flexibility index (Phi) is 3.99. The first-order valence-corrected chi connectivity index (χ1v) is 7.97. The van der Waals surface area contributed by atoms with Crippen LogP contribution in [0.5, 0.6) is 0 Å². The average molecular weight is 276 g/mol. The Bertz CT molecular complexity index is 595. The third-order valence-electron chi connectivity index (χ3n) is 3.88. The van der Waals surface area contributed by atoms with Crippen LogP contribution < -0.4 is 4.87 Å². The molecule has 0 aliphatic carbocycles. The fraction of sp³-hybridized carbons (Fsp3) is 0.533. The number of piperidine rings is 1. The van der Waals surface area contributed by atoms with Crippen LogP contribution in [-0.2, 0) is 6.54 Å². The summed E-state index contributed by atoms with van der Waals surface area (Å²) < 4.78 is 3.04. The van der Waals surface area contributed by atoms with E-state index in [1.807, 2.05) is 28.8 Å². The van der Waals surface area contributed by atoms with Crippen molar-refractivity contribution in [2.45, 2.75) is 32.2 Å². The Balaban J connectivity index is 1.65. The molecule has 1 aliphatic rings. The molecule has 0 atom stereocenters. The molecule has 2 aromatic rings. The van der Waals surface area contributed by atoms with Gasteiger partial charge in [0.25, 0.3) is 0 Å². The summed E-state index contributed by atoms with van der Waals surface area (Å²) in [5.41, 5.74) is 1.09. The molecule has 1 aliphatic heterocycles. The van der Waals surface area contributed by atoms with E-state index >= 15 is 0 Å². The zero-order chi connectivity index (χ0) is 13.1. The van der Waals surface area contributed by atoms with Crippen LogP contribution >= 0.6 is 11.3 Å². The van der Waals surface area contributed by atoms with Crippen molar-refractivity contribution in [3.8, 4) is 0 Å². The largest absolute Gasteiger partial charge is 0.308 e. The lowest BCUT2D eigenvalue weighted by molar-refractivity contribution is 0.223. The van der Waals surface area contributed by atoms with Gasteiger partial charge < -0.3 is 4.90 Å². The van der Waals surface area contributed by atoms with E-state index in [4.69, 9.17) is 0 Å². The predicted octanol–water partition coefficient (Wildman–Crippen LogP) is 2.94. The Labute approximate surface area is 117 Å². The smallest absolute Gasteiger partial charge is 0.303 e. The number of likely N-dealkylation sites (tertiary alicyclic amines) is 1. The highest BCUT2D eigenvalue weighted by molar-refractivity contribution is 7.16. The summed E-state index contributed by atoms with van der Waals surface area (Å²) in [5, 5.41) is 0. The van der Waals surface area contributed by atoms with Gasteiger partial charge in [-0.1, -0.05) is 29.9 Å². The van der Waals surface area contributed by atoms with E-state index in [-0.39, 0.29) is 4.87 Å². The highest BCUT2D eigenvalue weighted by Gasteiger charge is 2.10. The molecule has 1 aromatic heterocycles. The summed E-state index contributed by atoms with van der Waals surface area (Å²) in [6.07, 6.45) is 5.12. The van der Waals surface area contributed by atoms with Crippen molar-refractivity contribution >= 4 is 21.6 Å². The molecule has 19 heavy (non-hydrogen) atoms. The number of rotatable bonds is 4. The summed E-state index contributed by atoms with van der Waals surface area (Å²) in [7, 11) is 0. The normalized spacial score (nSPS) is 17.1. The van der Waals surface area contributed by atoms with Crippen molar-refractivity contribution in [2.75, 3.05) is 19.6 Å². The molecule has 3 rings (SSSR count). The van der Waals surface area contributed by atoms with E-state index in [9.17, 15) is 4.79 Å². The van der Waals surface area contributed by atoms with Gasteiger partial charge in [0.15, 0.2) is 0 Å². The predicted molar refractivity (Wildman–Crippen MR) is 81.0 cm³/mol. The second-order valence-electron chi connectivity index (χ2n) is 5.24. The maximum absolute atomic E-state index is 12.0. The quantitative estimate of drug-likeness (QED) is 0.858. The Morgan fingerprint density at radius 3 is 2.68 bits per heavy atom. The molecule has 102 valence electrons. The van der Waals surface area contributed by atoms with Gasteiger partial charge in [-0.2, -0.15) is 0 Å². The Hall–Kier alpha value is -1.13. The number of aryl methyl sites for hydroxylation is 1. The number of thiazole rings is 1. The molecule has 3 nitrogen and oxygen atoms in total. The molecule has 2 heterocycles. The number of benzene rings is 1. The SMILES string of the molecule is O=c1sc2ccccc2n1CCCN1CCCCC1. The number of nitrogens with zero attached hydrogens (tertiary/aromatic N) is 2. The van der Waals surface area contributed by atoms with Gasteiger partial charge >= 0.3 is 4.87 Å². The van der Waals surface area contributed by atoms with Gasteiger partial charge in [0, 0.05) is 6.54 Å². The lowest BCUT2D eigenvalue weighted by Gasteiger charge is -2.26. The zero-order valence-electron chi connectivity index (χ0n) is 11.2. The Morgan fingerprint density at radius 1 is 1.05 bits per heavy atom. The zero-order valence-corrected chi connectivity index (χ0v) is 12.0. The van der Waals surface area contributed by atoms with Gasteiger partial charge in [0.05, 0.1) is 10.2 Å². The van der Waals surface area contributed by atoms with Crippen LogP contribution in [0.2, 0.25) is 0 Å². The topological polar surface area (TPSA) is 25.2 Å². The standard InChI is InChI=1S/C15H20N2OS/c18-15-17(13-7-2-3-8-14(13)19-15)12-6-11-16-9-4-1-5-10-16/h2-3,7-8H,1,4-6,9-12H2. The van der Waals surface area contributed by atoms with Crippen molar-refractivity contribution in [3.63, 3.8) is 0 Å². The second-order valence-corrected chi connectivity index (χ2v) is 6.24. The van der Waals surface area contributed by atoms with Gasteiger partial charge in [-0.25, -0.2) is 0 Å². The lowest BCUT2D eigenvalue weighted by atomic mass is 10.1. The molecule has 0 unspecified atom stereocenters. The summed E-state index contributed by atoms with van der Waals surface area (Å²) in [6, 6.07) is 8.09. The highest BCUT2D eigenvalue weighted by atomic mass is 32.1. The minimum Gasteiger partial charge on any atom is -0.303 e. The van der Waals surface area contributed by atoms with Crippen LogP contribution in [0.1, 0.15) is 25.7 Å². The fourth-order valence-electron chi connectivity index (χ4n) is 2.86. The molecular formula is C15H20N2OS. The third-order valence-corrected chi connectivity index (χ3v) is 4.84. The minimum atomic E-state index is 0.180. The number of hydrogen-bond donors (Lipinski definition) is 0. The van der Waals surface area contributed by atoms with Crippen LogP contribution in [0.3, 0.4) is 0 Å². The fourth-order valence-corrected chi connectivity index (χ4v) is 3.78. The number of fused-ring (bicyclic) bond motifs is 1. The first kappa shape index (κ1) is 12.9. The van der Waals surface area contributed by atoms with Crippen LogP contribution in [0.25, 0.3) is 10.2 Å². The summed E-state index contributed by atoms with van der Waals surface area (Å²) in [6.45, 7) is 4.44. The molecule has 0 amide bonds. The first-order valence-electron chi connectivity index (χ1n) is 7.15. The molecule has 0 spiro atoms. The van der Waals surface area contributed by atoms with E-state index in [0.717, 1.165) is 29.7 Å². The molecule has 0 radical (unpaired) electrons. The van der Waals surface area contributed by atoms with E-state index in [1.165, 1.54) is 43.7 Å². The van der Waals surface area contributed by atoms with Crippen molar-refractivity contribution < 1.29 is 0 Å². The van der Waals surface area contributed by atoms with Gasteiger partial charge in [-0.15, -0.1) is 0 Å². The van der Waals surface area contributed by atoms with E-state index in [1.54, 1.807) is 0 Å². The summed E-state index contributed by atoms with van der Waals surface area (Å²) in [4.78, 5) is 14.7. The first-order chi connectivity index (χ1) is 9.34. The van der Waals surface area contributed by atoms with Crippen LogP contribution in [0.4, 0.5) is 0 Å². The van der Waals surface area contributed by atoms with Crippen LogP contribution in [-0.4, -0.2) is 29.1 Å². The molecule has 0 bridgehead atoms. The molecule has 0 saturated carbocycles. The van der Waals surface area contributed by atoms with Crippen LogP contribution in [0, 0.1) is 0 Å². The molecule has 1 saturated heterocycles. The van der Waals surface area contributed by atoms with Gasteiger partial charge in [0.2, 0.25) is 0 Å². The van der Waals surface area contributed by atoms with Crippen molar-refractivity contribution in [2.24, 2.45) is 0 Å². The number of hydrogen-bond acceptors (Lipinski definition) is 3. The van der Waals surface area contributed by atoms with Crippen molar-refractivity contribution in [1.29, 1.82) is 0 Å². The van der Waals surface area contributed by atoms with Gasteiger partial charge in [-0.05, 0) is 51.0 Å².